The van der Waals surface area contributed by atoms with Crippen molar-refractivity contribution in [2.24, 2.45) is 0 Å². The van der Waals surface area contributed by atoms with Crippen LogP contribution in [-0.4, -0.2) is 31.7 Å². The van der Waals surface area contributed by atoms with E-state index in [9.17, 15) is 0 Å². The van der Waals surface area contributed by atoms with Gasteiger partial charge in [0.2, 0.25) is 0 Å². The van der Waals surface area contributed by atoms with Gasteiger partial charge in [0.1, 0.15) is 0 Å². The highest BCUT2D eigenvalue weighted by molar-refractivity contribution is 4.51. The predicted molar refractivity (Wildman–Crippen MR) is 150 cm³/mol. The lowest BCUT2D eigenvalue weighted by Gasteiger charge is -2.15. The molecular weight excluding hydrogens is 388 g/mol. The summed E-state index contributed by atoms with van der Waals surface area (Å²) < 4.78 is 0. The molecule has 0 radical (unpaired) electrons. The van der Waals surface area contributed by atoms with Crippen molar-refractivity contribution in [1.29, 1.82) is 0 Å². The maximum atomic E-state index is 3.43. The molecule has 0 fully saturated rings. The number of nitrogens with one attached hydrogen (secondary N) is 1. The largest absolute Gasteiger partial charge is 0.304 e. The van der Waals surface area contributed by atoms with Gasteiger partial charge in [0.25, 0.3) is 0 Å². The molecule has 2 nitrogen and oxygen atoms in total. The molecule has 0 aliphatic rings. The molecular formula is C30H66N2. The summed E-state index contributed by atoms with van der Waals surface area (Å²) in [5.41, 5.74) is 0. The molecule has 32 heavy (non-hydrogen) atoms. The fraction of sp³-hybridized carbons (Fsp3) is 1.00. The van der Waals surface area contributed by atoms with E-state index in [2.05, 4.69) is 45.0 Å². The van der Waals surface area contributed by atoms with Crippen LogP contribution in [0.3, 0.4) is 0 Å². The lowest BCUT2D eigenvalue weighted by molar-refractivity contribution is 0.306. The summed E-state index contributed by atoms with van der Waals surface area (Å²) in [6.45, 7) is 12.5. The molecule has 0 aliphatic heterocycles. The van der Waals surface area contributed by atoms with E-state index in [0.29, 0.717) is 0 Å². The van der Waals surface area contributed by atoms with Crippen molar-refractivity contribution in [2.45, 2.75) is 169 Å². The van der Waals surface area contributed by atoms with Crippen molar-refractivity contribution >= 4 is 0 Å². The average Bonchev–Trinajstić information content (AvgIpc) is 2.79. The van der Waals surface area contributed by atoms with Gasteiger partial charge < -0.3 is 5.32 Å². The highest BCUT2D eigenvalue weighted by Gasteiger charge is 1.95. The molecule has 196 valence electrons. The Hall–Kier alpha value is -0.0800. The van der Waals surface area contributed by atoms with Gasteiger partial charge >= 0.3 is 0 Å². The Balaban J connectivity index is 0. The van der Waals surface area contributed by atoms with Gasteiger partial charge in [0.15, 0.2) is 0 Å². The third-order valence-corrected chi connectivity index (χ3v) is 6.40. The van der Waals surface area contributed by atoms with Crippen LogP contribution >= 0.6 is 0 Å². The van der Waals surface area contributed by atoms with E-state index in [1.165, 1.54) is 154 Å². The van der Waals surface area contributed by atoms with Crippen molar-refractivity contribution < 1.29 is 0 Å². The van der Waals surface area contributed by atoms with E-state index in [-0.39, 0.29) is 0 Å². The minimum atomic E-state index is 1.04. The summed E-state index contributed by atoms with van der Waals surface area (Å²) in [7, 11) is 2.16. The summed E-state index contributed by atoms with van der Waals surface area (Å²) in [5, 5.41) is 3.43. The molecule has 0 amide bonds. The minimum absolute atomic E-state index is 1.04. The summed E-state index contributed by atoms with van der Waals surface area (Å²) >= 11 is 0. The molecule has 0 aromatic carbocycles. The van der Waals surface area contributed by atoms with Crippen molar-refractivity contribution in [2.75, 3.05) is 26.8 Å². The van der Waals surface area contributed by atoms with Gasteiger partial charge in [-0.3, -0.25) is 4.90 Å². The van der Waals surface area contributed by atoms with Gasteiger partial charge in [-0.15, -0.1) is 0 Å². The molecule has 0 unspecified atom stereocenters. The Labute approximate surface area is 206 Å². The first-order valence-corrected chi connectivity index (χ1v) is 15.1. The summed E-state index contributed by atoms with van der Waals surface area (Å²) in [6.07, 6.45) is 31.6. The number of hydrogen-bond donors (Lipinski definition) is 1. The van der Waals surface area contributed by atoms with Crippen molar-refractivity contribution in [1.82, 2.24) is 10.2 Å². The molecule has 0 saturated heterocycles. The van der Waals surface area contributed by atoms with Crippen LogP contribution in [0.1, 0.15) is 169 Å². The van der Waals surface area contributed by atoms with Gasteiger partial charge in [-0.25, -0.2) is 0 Å². The third kappa shape index (κ3) is 34.5. The maximum absolute atomic E-state index is 3.43. The van der Waals surface area contributed by atoms with Crippen LogP contribution in [-0.2, 0) is 0 Å². The molecule has 0 aliphatic carbocycles. The lowest BCUT2D eigenvalue weighted by atomic mass is 10.0. The van der Waals surface area contributed by atoms with Gasteiger partial charge in [-0.05, 0) is 33.0 Å². The van der Waals surface area contributed by atoms with E-state index < -0.39 is 0 Å². The number of rotatable bonds is 25. The van der Waals surface area contributed by atoms with E-state index in [4.69, 9.17) is 0 Å². The zero-order valence-corrected chi connectivity index (χ0v) is 23.6. The van der Waals surface area contributed by atoms with Gasteiger partial charge in [-0.2, -0.15) is 0 Å². The first-order valence-electron chi connectivity index (χ1n) is 15.1. The van der Waals surface area contributed by atoms with Crippen LogP contribution in [0.2, 0.25) is 0 Å². The second-order valence-corrected chi connectivity index (χ2v) is 10.1. The summed E-state index contributed by atoms with van der Waals surface area (Å²) in [5.74, 6) is 0. The van der Waals surface area contributed by atoms with Gasteiger partial charge in [0.05, 0.1) is 0 Å². The van der Waals surface area contributed by atoms with Crippen molar-refractivity contribution in [3.05, 3.63) is 0 Å². The van der Waals surface area contributed by atoms with Crippen LogP contribution in [0.15, 0.2) is 0 Å². The normalized spacial score (nSPS) is 11.1. The molecule has 0 atom stereocenters. The molecule has 0 saturated carbocycles. The van der Waals surface area contributed by atoms with E-state index in [1.807, 2.05) is 0 Å². The van der Waals surface area contributed by atoms with E-state index in [1.54, 1.807) is 0 Å². The van der Waals surface area contributed by atoms with Crippen LogP contribution in [0.5, 0.6) is 0 Å². The highest BCUT2D eigenvalue weighted by atomic mass is 15.2. The zero-order valence-electron chi connectivity index (χ0n) is 23.6. The second-order valence-electron chi connectivity index (χ2n) is 10.1. The first-order chi connectivity index (χ1) is 15.7. The highest BCUT2D eigenvalue weighted by Crippen LogP contribution is 2.14. The maximum Gasteiger partial charge on any atom is 0.0477 e. The molecule has 0 heterocycles. The van der Waals surface area contributed by atoms with Crippen LogP contribution < -0.4 is 5.32 Å². The summed E-state index contributed by atoms with van der Waals surface area (Å²) in [6, 6.07) is 0. The van der Waals surface area contributed by atoms with Gasteiger partial charge in [0, 0.05) is 6.67 Å². The van der Waals surface area contributed by atoms with Crippen LogP contribution in [0.4, 0.5) is 0 Å². The molecule has 0 aromatic rings. The van der Waals surface area contributed by atoms with E-state index in [0.717, 1.165) is 6.67 Å². The minimum Gasteiger partial charge on any atom is -0.304 e. The Morgan fingerprint density at radius 3 is 1.03 bits per heavy atom. The molecule has 0 bridgehead atoms. The molecule has 0 aromatic heterocycles. The zero-order chi connectivity index (χ0) is 24.0. The standard InChI is InChI=1S/C20H42.C10H24N2/c1-3-5-7-9-11-13-15-17-19-20-18-16-14-12-10-8-6-4-2;1-4-6-7-8-11-10-12(3)9-5-2/h3-20H2,1-2H3;11H,4-10H2,1-3H3. The third-order valence-electron chi connectivity index (χ3n) is 6.40. The van der Waals surface area contributed by atoms with Crippen LogP contribution in [0.25, 0.3) is 0 Å². The van der Waals surface area contributed by atoms with Gasteiger partial charge in [-0.1, -0.05) is 156 Å². The number of nitrogens with zero attached hydrogens (tertiary/aromatic N) is 1. The smallest absolute Gasteiger partial charge is 0.0477 e. The number of hydrogen-bond acceptors (Lipinski definition) is 2. The Kier molecular flexibility index (Phi) is 35.3. The van der Waals surface area contributed by atoms with Crippen LogP contribution in [0, 0.1) is 0 Å². The first kappa shape index (κ1) is 34.1. The molecule has 1 N–H and O–H groups in total. The Bertz CT molecular complexity index is 275. The molecule has 0 rings (SSSR count). The Morgan fingerprint density at radius 2 is 0.719 bits per heavy atom. The predicted octanol–water partition coefficient (Wildman–Crippen LogP) is 10.1. The fourth-order valence-corrected chi connectivity index (χ4v) is 4.21. The Morgan fingerprint density at radius 1 is 0.406 bits per heavy atom. The fourth-order valence-electron chi connectivity index (χ4n) is 4.21. The topological polar surface area (TPSA) is 15.3 Å². The lowest BCUT2D eigenvalue weighted by Crippen LogP contribution is -2.32. The monoisotopic (exact) mass is 455 g/mol. The quantitative estimate of drug-likeness (QED) is 0.109. The average molecular weight is 455 g/mol. The van der Waals surface area contributed by atoms with E-state index >= 15 is 0 Å². The molecule has 0 spiro atoms. The SMILES string of the molecule is CCCCCCCCCCCCCCCCCCCC.CCCCCNCN(C)CCC. The summed E-state index contributed by atoms with van der Waals surface area (Å²) in [4.78, 5) is 2.33. The number of unbranched alkanes of at least 4 members (excludes halogenated alkanes) is 19. The second kappa shape index (κ2) is 33.1. The van der Waals surface area contributed by atoms with Crippen molar-refractivity contribution in [3.63, 3.8) is 0 Å². The molecule has 2 heteroatoms. The van der Waals surface area contributed by atoms with Crippen molar-refractivity contribution in [3.8, 4) is 0 Å².